The molecule has 1 aromatic heterocycles. The van der Waals surface area contributed by atoms with Crippen molar-refractivity contribution in [3.8, 4) is 0 Å². The van der Waals surface area contributed by atoms with Gasteiger partial charge in [0.25, 0.3) is 5.91 Å². The molecule has 0 bridgehead atoms. The summed E-state index contributed by atoms with van der Waals surface area (Å²) in [4.78, 5) is 23.8. The van der Waals surface area contributed by atoms with Crippen molar-refractivity contribution >= 4 is 44.6 Å². The molecule has 0 aliphatic rings. The van der Waals surface area contributed by atoms with Crippen LogP contribution >= 0.6 is 22.9 Å². The maximum atomic E-state index is 12.1. The van der Waals surface area contributed by atoms with Crippen LogP contribution in [0.5, 0.6) is 0 Å². The Morgan fingerprint density at radius 1 is 1.09 bits per heavy atom. The van der Waals surface area contributed by atoms with Crippen LogP contribution in [0.1, 0.15) is 16.1 Å². The zero-order valence-corrected chi connectivity index (χ0v) is 14.2. The number of hydrogen-bond acceptors (Lipinski definition) is 5. The van der Waals surface area contributed by atoms with Gasteiger partial charge in [-0.2, -0.15) is 0 Å². The van der Waals surface area contributed by atoms with Crippen LogP contribution in [0, 0.1) is 0 Å². The average Bonchev–Trinajstić information content (AvgIpc) is 3.05. The highest BCUT2D eigenvalue weighted by Gasteiger charge is 2.17. The Labute approximate surface area is 142 Å². The zero-order valence-electron chi connectivity index (χ0n) is 11.8. The smallest absolute Gasteiger partial charge is 0.273 e. The van der Waals surface area contributed by atoms with Gasteiger partial charge in [0.1, 0.15) is 0 Å². The maximum Gasteiger partial charge on any atom is 0.279 e. The largest absolute Gasteiger partial charge is 0.279 e. The van der Waals surface area contributed by atoms with Gasteiger partial charge in [0.05, 0.1) is 15.5 Å². The standard InChI is InChI=1S/C14H13ClN2O4S2/c15-10-3-5-11(6-4-10)23(20,21)9-7-13(18)16-17-14(19)12-2-1-8-22-12/h1-6,8H,7,9H2,(H,16,18)(H,17,19). The molecule has 0 fully saturated rings. The van der Waals surface area contributed by atoms with E-state index in [4.69, 9.17) is 11.6 Å². The number of hydrogen-bond donors (Lipinski definition) is 2. The zero-order chi connectivity index (χ0) is 16.9. The van der Waals surface area contributed by atoms with Crippen molar-refractivity contribution < 1.29 is 18.0 Å². The fraction of sp³-hybridized carbons (Fsp3) is 0.143. The van der Waals surface area contributed by atoms with E-state index in [2.05, 4.69) is 10.9 Å². The lowest BCUT2D eigenvalue weighted by Gasteiger charge is -2.07. The number of sulfone groups is 1. The summed E-state index contributed by atoms with van der Waals surface area (Å²) in [6.45, 7) is 0. The minimum absolute atomic E-state index is 0.0947. The van der Waals surface area contributed by atoms with Crippen LogP contribution < -0.4 is 10.9 Å². The fourth-order valence-corrected chi connectivity index (χ4v) is 3.63. The summed E-state index contributed by atoms with van der Waals surface area (Å²) in [6.07, 6.45) is -0.268. The highest BCUT2D eigenvalue weighted by molar-refractivity contribution is 7.91. The van der Waals surface area contributed by atoms with E-state index in [0.29, 0.717) is 9.90 Å². The maximum absolute atomic E-state index is 12.1. The molecule has 0 atom stereocenters. The van der Waals surface area contributed by atoms with Gasteiger partial charge in [0.2, 0.25) is 5.91 Å². The summed E-state index contributed by atoms with van der Waals surface area (Å²) < 4.78 is 24.1. The topological polar surface area (TPSA) is 92.3 Å². The second-order valence-electron chi connectivity index (χ2n) is 4.50. The Bertz CT molecular complexity index is 787. The number of rotatable bonds is 5. The molecular formula is C14H13ClN2O4S2. The summed E-state index contributed by atoms with van der Waals surface area (Å²) in [7, 11) is -3.58. The van der Waals surface area contributed by atoms with Gasteiger partial charge in [-0.15, -0.1) is 11.3 Å². The fourth-order valence-electron chi connectivity index (χ4n) is 1.65. The average molecular weight is 373 g/mol. The number of halogens is 1. The van der Waals surface area contributed by atoms with Crippen LogP contribution in [0.25, 0.3) is 0 Å². The van der Waals surface area contributed by atoms with Crippen molar-refractivity contribution in [1.29, 1.82) is 0 Å². The Morgan fingerprint density at radius 3 is 2.39 bits per heavy atom. The van der Waals surface area contributed by atoms with E-state index < -0.39 is 21.7 Å². The predicted molar refractivity (Wildman–Crippen MR) is 88.0 cm³/mol. The molecule has 1 heterocycles. The van der Waals surface area contributed by atoms with E-state index in [1.165, 1.54) is 35.6 Å². The van der Waals surface area contributed by atoms with Gasteiger partial charge in [0, 0.05) is 11.4 Å². The molecule has 2 aromatic rings. The van der Waals surface area contributed by atoms with Gasteiger partial charge < -0.3 is 0 Å². The number of amides is 2. The molecule has 0 saturated heterocycles. The van der Waals surface area contributed by atoms with Crippen molar-refractivity contribution in [3.05, 3.63) is 51.7 Å². The molecule has 9 heteroatoms. The summed E-state index contributed by atoms with van der Waals surface area (Å²) in [5, 5.41) is 2.16. The molecule has 0 aliphatic heterocycles. The number of benzene rings is 1. The van der Waals surface area contributed by atoms with E-state index >= 15 is 0 Å². The first-order valence-corrected chi connectivity index (χ1v) is 9.40. The monoisotopic (exact) mass is 372 g/mol. The molecule has 2 N–H and O–H groups in total. The molecule has 122 valence electrons. The third-order valence-electron chi connectivity index (χ3n) is 2.83. The summed E-state index contributed by atoms with van der Waals surface area (Å²) >= 11 is 6.93. The minimum Gasteiger partial charge on any atom is -0.273 e. The van der Waals surface area contributed by atoms with E-state index in [0.717, 1.165) is 0 Å². The SMILES string of the molecule is O=C(CCS(=O)(=O)c1ccc(Cl)cc1)NNC(=O)c1cccs1. The van der Waals surface area contributed by atoms with E-state index in [1.54, 1.807) is 17.5 Å². The Balaban J connectivity index is 1.84. The van der Waals surface area contributed by atoms with Crippen molar-refractivity contribution in [2.75, 3.05) is 5.75 Å². The summed E-state index contributed by atoms with van der Waals surface area (Å²) in [5.74, 6) is -1.41. The highest BCUT2D eigenvalue weighted by Crippen LogP contribution is 2.16. The van der Waals surface area contributed by atoms with Crippen LogP contribution in [0.4, 0.5) is 0 Å². The molecule has 23 heavy (non-hydrogen) atoms. The molecule has 0 aliphatic carbocycles. The Morgan fingerprint density at radius 2 is 1.78 bits per heavy atom. The third-order valence-corrected chi connectivity index (χ3v) is 5.68. The molecule has 6 nitrogen and oxygen atoms in total. The number of carbonyl (C=O) groups excluding carboxylic acids is 2. The van der Waals surface area contributed by atoms with Crippen molar-refractivity contribution in [1.82, 2.24) is 10.9 Å². The number of thiophene rings is 1. The lowest BCUT2D eigenvalue weighted by molar-refractivity contribution is -0.121. The molecule has 0 radical (unpaired) electrons. The van der Waals surface area contributed by atoms with Gasteiger partial charge in [-0.05, 0) is 35.7 Å². The van der Waals surface area contributed by atoms with Crippen LogP contribution in [-0.2, 0) is 14.6 Å². The van der Waals surface area contributed by atoms with E-state index in [1.807, 2.05) is 0 Å². The number of carbonyl (C=O) groups is 2. The van der Waals surface area contributed by atoms with E-state index in [9.17, 15) is 18.0 Å². The number of hydrazine groups is 1. The van der Waals surface area contributed by atoms with Crippen LogP contribution in [0.2, 0.25) is 5.02 Å². The Kier molecular flexibility index (Phi) is 5.75. The first kappa shape index (κ1) is 17.5. The quantitative estimate of drug-likeness (QED) is 0.785. The highest BCUT2D eigenvalue weighted by atomic mass is 35.5. The van der Waals surface area contributed by atoms with Crippen LogP contribution in [0.3, 0.4) is 0 Å². The lowest BCUT2D eigenvalue weighted by Crippen LogP contribution is -2.41. The summed E-state index contributed by atoms with van der Waals surface area (Å²) in [6, 6.07) is 9.02. The van der Waals surface area contributed by atoms with Gasteiger partial charge >= 0.3 is 0 Å². The van der Waals surface area contributed by atoms with Crippen molar-refractivity contribution in [2.24, 2.45) is 0 Å². The Hall–Kier alpha value is -1.90. The second-order valence-corrected chi connectivity index (χ2v) is 8.00. The van der Waals surface area contributed by atoms with Crippen molar-refractivity contribution in [2.45, 2.75) is 11.3 Å². The molecule has 2 amide bonds. The van der Waals surface area contributed by atoms with E-state index in [-0.39, 0.29) is 17.1 Å². The molecular weight excluding hydrogens is 360 g/mol. The molecule has 2 rings (SSSR count). The predicted octanol–water partition coefficient (Wildman–Crippen LogP) is 2.03. The van der Waals surface area contributed by atoms with Crippen LogP contribution in [-0.4, -0.2) is 26.0 Å². The van der Waals surface area contributed by atoms with Crippen LogP contribution in [0.15, 0.2) is 46.7 Å². The summed E-state index contributed by atoms with van der Waals surface area (Å²) in [5.41, 5.74) is 4.41. The first-order chi connectivity index (χ1) is 10.9. The van der Waals surface area contributed by atoms with Gasteiger partial charge in [0.15, 0.2) is 9.84 Å². The van der Waals surface area contributed by atoms with Gasteiger partial charge in [-0.1, -0.05) is 17.7 Å². The third kappa shape index (κ3) is 5.05. The van der Waals surface area contributed by atoms with Gasteiger partial charge in [-0.3, -0.25) is 20.4 Å². The van der Waals surface area contributed by atoms with Crippen molar-refractivity contribution in [3.63, 3.8) is 0 Å². The molecule has 0 spiro atoms. The number of nitrogens with one attached hydrogen (secondary N) is 2. The lowest BCUT2D eigenvalue weighted by atomic mass is 10.4. The minimum atomic E-state index is -3.58. The molecule has 1 aromatic carbocycles. The molecule has 0 unspecified atom stereocenters. The normalized spacial score (nSPS) is 11.0. The molecule has 0 saturated carbocycles. The first-order valence-electron chi connectivity index (χ1n) is 6.49. The second kappa shape index (κ2) is 7.58. The van der Waals surface area contributed by atoms with Gasteiger partial charge in [-0.25, -0.2) is 8.42 Å².